The zero-order chi connectivity index (χ0) is 39.5. The molecule has 0 bridgehead atoms. The second-order valence-corrected chi connectivity index (χ2v) is 21.5. The minimum atomic E-state index is -2.13. The van der Waals surface area contributed by atoms with Crippen LogP contribution in [0, 0.1) is 0 Å². The Labute approximate surface area is 334 Å². The lowest BCUT2D eigenvalue weighted by atomic mass is 10.0. The summed E-state index contributed by atoms with van der Waals surface area (Å²) in [6.45, 7) is 13.7. The average molecular weight is 784 g/mol. The Kier molecular flexibility index (Phi) is 15.1. The molecule has 2 saturated heterocycles. The fourth-order valence-electron chi connectivity index (χ4n) is 7.13. The van der Waals surface area contributed by atoms with Crippen molar-refractivity contribution in [2.24, 2.45) is 0 Å². The molecule has 4 aromatic carbocycles. The molecule has 0 amide bonds. The maximum atomic E-state index is 11.9. The van der Waals surface area contributed by atoms with E-state index >= 15 is 0 Å². The molecule has 0 spiro atoms. The number of rotatable bonds is 17. The van der Waals surface area contributed by atoms with Gasteiger partial charge in [0.2, 0.25) is 0 Å². The molecule has 302 valence electrons. The van der Waals surface area contributed by atoms with Gasteiger partial charge in [-0.05, 0) is 40.4 Å². The maximum absolute atomic E-state index is 11.9. The zero-order valence-electron chi connectivity index (χ0n) is 33.6. The molecular formula is C46H61NO8Si. The van der Waals surface area contributed by atoms with Gasteiger partial charge < -0.3 is 38.3 Å². The van der Waals surface area contributed by atoms with E-state index in [0.717, 1.165) is 22.3 Å². The Morgan fingerprint density at radius 2 is 0.893 bits per heavy atom. The largest absolute Gasteiger partial charge is 0.414 e. The van der Waals surface area contributed by atoms with Crippen LogP contribution in [0.4, 0.5) is 0 Å². The van der Waals surface area contributed by atoms with Gasteiger partial charge in [-0.1, -0.05) is 142 Å². The van der Waals surface area contributed by atoms with E-state index in [4.69, 9.17) is 28.1 Å². The van der Waals surface area contributed by atoms with Gasteiger partial charge in [0.15, 0.2) is 8.32 Å². The Balaban J connectivity index is 1.24. The third kappa shape index (κ3) is 11.7. The molecule has 6 rings (SSSR count). The lowest BCUT2D eigenvalue weighted by molar-refractivity contribution is -0.155. The predicted octanol–water partition coefficient (Wildman–Crippen LogP) is 7.15. The van der Waals surface area contributed by atoms with E-state index in [9.17, 15) is 10.2 Å². The van der Waals surface area contributed by atoms with Gasteiger partial charge in [0, 0.05) is 19.6 Å². The summed E-state index contributed by atoms with van der Waals surface area (Å²) in [5.41, 5.74) is 4.06. The zero-order valence-corrected chi connectivity index (χ0v) is 34.6. The molecule has 2 aliphatic rings. The van der Waals surface area contributed by atoms with Gasteiger partial charge in [0.05, 0.1) is 51.3 Å². The summed E-state index contributed by atoms with van der Waals surface area (Å²) in [7, 11) is -2.13. The second kappa shape index (κ2) is 19.9. The van der Waals surface area contributed by atoms with Gasteiger partial charge in [-0.3, -0.25) is 4.90 Å². The number of β-amino-alcohol motifs (C(OH)–C–C–N with tert-alkyl or cyclic N) is 2. The number of benzene rings is 4. The van der Waals surface area contributed by atoms with E-state index in [1.54, 1.807) is 0 Å². The van der Waals surface area contributed by atoms with Crippen molar-refractivity contribution in [2.75, 3.05) is 26.2 Å². The molecule has 9 nitrogen and oxygen atoms in total. The minimum absolute atomic E-state index is 0.0190. The summed E-state index contributed by atoms with van der Waals surface area (Å²) < 4.78 is 40.0. The van der Waals surface area contributed by atoms with E-state index in [-0.39, 0.29) is 31.3 Å². The first-order chi connectivity index (χ1) is 27.0. The predicted molar refractivity (Wildman–Crippen MR) is 220 cm³/mol. The molecule has 8 atom stereocenters. The monoisotopic (exact) mass is 783 g/mol. The third-order valence-electron chi connectivity index (χ3n) is 11.4. The highest BCUT2D eigenvalue weighted by atomic mass is 28.4. The van der Waals surface area contributed by atoms with Crippen molar-refractivity contribution in [3.63, 3.8) is 0 Å². The second-order valence-electron chi connectivity index (χ2n) is 16.7. The quantitative estimate of drug-likeness (QED) is 0.108. The topological polar surface area (TPSA) is 99.1 Å². The number of hydrogen-bond acceptors (Lipinski definition) is 9. The van der Waals surface area contributed by atoms with E-state index in [0.29, 0.717) is 26.4 Å². The fourth-order valence-corrected chi connectivity index (χ4v) is 8.14. The number of hydrogen-bond donors (Lipinski definition) is 2. The summed E-state index contributed by atoms with van der Waals surface area (Å²) in [6, 6.07) is 39.9. The van der Waals surface area contributed by atoms with Gasteiger partial charge in [-0.25, -0.2) is 0 Å². The van der Waals surface area contributed by atoms with Crippen LogP contribution in [0.1, 0.15) is 43.0 Å². The standard InChI is InChI=1S/C46H61NO8Si/c1-46(2,3)56(4,5)54-33-41-45(53-32-37-24-16-9-17-25-37)44(52-31-36-22-14-8-15-23-36)40(55-41)28-47-26-38(48)42(50-29-34-18-10-6-11-19-34)43(39(49)27-47)51-30-35-20-12-7-13-21-35/h6-25,38-45,48-49H,26-33H2,1-5H3/t38-,39-,40-,41+,42-,43-,44-,45-/m1/s1. The lowest BCUT2D eigenvalue weighted by Crippen LogP contribution is -2.47. The van der Waals surface area contributed by atoms with Gasteiger partial charge >= 0.3 is 0 Å². The molecular weight excluding hydrogens is 723 g/mol. The van der Waals surface area contributed by atoms with Crippen LogP contribution in [0.3, 0.4) is 0 Å². The fraction of sp³-hybridized carbons (Fsp3) is 0.478. The highest BCUT2D eigenvalue weighted by molar-refractivity contribution is 6.74. The van der Waals surface area contributed by atoms with Crippen LogP contribution >= 0.6 is 0 Å². The smallest absolute Gasteiger partial charge is 0.192 e. The van der Waals surface area contributed by atoms with Crippen molar-refractivity contribution in [3.8, 4) is 0 Å². The number of aliphatic hydroxyl groups is 2. The Bertz CT molecular complexity index is 1650. The van der Waals surface area contributed by atoms with Crippen molar-refractivity contribution in [2.45, 2.75) is 114 Å². The summed E-state index contributed by atoms with van der Waals surface area (Å²) >= 11 is 0. The highest BCUT2D eigenvalue weighted by Gasteiger charge is 2.49. The van der Waals surface area contributed by atoms with Crippen LogP contribution in [0.25, 0.3) is 0 Å². The molecule has 0 radical (unpaired) electrons. The van der Waals surface area contributed by atoms with Crippen LogP contribution in [0.5, 0.6) is 0 Å². The molecule has 2 N–H and O–H groups in total. The number of likely N-dealkylation sites (tertiary alicyclic amines) is 1. The van der Waals surface area contributed by atoms with Crippen LogP contribution < -0.4 is 0 Å². The minimum Gasteiger partial charge on any atom is -0.414 e. The number of aliphatic hydroxyl groups excluding tert-OH is 2. The van der Waals surface area contributed by atoms with Crippen molar-refractivity contribution in [1.29, 1.82) is 0 Å². The first-order valence-electron chi connectivity index (χ1n) is 20.0. The van der Waals surface area contributed by atoms with Crippen molar-refractivity contribution in [1.82, 2.24) is 4.90 Å². The normalized spacial score (nSPS) is 26.3. The summed E-state index contributed by atoms with van der Waals surface area (Å²) in [5.74, 6) is 0. The first kappa shape index (κ1) is 42.3. The molecule has 2 fully saturated rings. The van der Waals surface area contributed by atoms with Crippen LogP contribution in [-0.4, -0.2) is 98.5 Å². The molecule has 0 saturated carbocycles. The van der Waals surface area contributed by atoms with Crippen molar-refractivity contribution >= 4 is 8.32 Å². The average Bonchev–Trinajstić information content (AvgIpc) is 3.46. The molecule has 10 heteroatoms. The van der Waals surface area contributed by atoms with E-state index in [1.165, 1.54) is 0 Å². The molecule has 2 aliphatic heterocycles. The van der Waals surface area contributed by atoms with E-state index in [1.807, 2.05) is 97.1 Å². The molecule has 0 aliphatic carbocycles. The summed E-state index contributed by atoms with van der Waals surface area (Å²) in [6.07, 6.45) is -5.20. The molecule has 2 heterocycles. The first-order valence-corrected chi connectivity index (χ1v) is 22.9. The number of ether oxygens (including phenoxy) is 5. The summed E-state index contributed by atoms with van der Waals surface area (Å²) in [5, 5.41) is 23.8. The molecule has 4 aromatic rings. The SMILES string of the molecule is CC(C)(C)[Si](C)(C)OC[C@@H]1O[C@H](CN2C[C@@H](O)[C@@H](OCc3ccccc3)[C@H](OCc3ccccc3)[C@H](O)C2)[C@@H](OCc2ccccc2)[C@@H]1OCc1ccccc1. The highest BCUT2D eigenvalue weighted by Crippen LogP contribution is 2.38. The Morgan fingerprint density at radius 1 is 0.554 bits per heavy atom. The van der Waals surface area contributed by atoms with Gasteiger partial charge in [0.1, 0.15) is 30.5 Å². The molecule has 0 aromatic heterocycles. The van der Waals surface area contributed by atoms with Crippen LogP contribution in [-0.2, 0) is 54.5 Å². The van der Waals surface area contributed by atoms with E-state index < -0.39 is 57.1 Å². The van der Waals surface area contributed by atoms with Crippen LogP contribution in [0.15, 0.2) is 121 Å². The number of nitrogens with zero attached hydrogens (tertiary/aromatic N) is 1. The van der Waals surface area contributed by atoms with Crippen LogP contribution in [0.2, 0.25) is 18.1 Å². The van der Waals surface area contributed by atoms with Gasteiger partial charge in [0.25, 0.3) is 0 Å². The molecule has 0 unspecified atom stereocenters. The molecule has 56 heavy (non-hydrogen) atoms. The van der Waals surface area contributed by atoms with Crippen molar-refractivity contribution < 1.29 is 38.3 Å². The Morgan fingerprint density at radius 3 is 1.25 bits per heavy atom. The van der Waals surface area contributed by atoms with E-state index in [2.05, 4.69) is 63.0 Å². The van der Waals surface area contributed by atoms with Gasteiger partial charge in [-0.15, -0.1) is 0 Å². The summed E-state index contributed by atoms with van der Waals surface area (Å²) in [4.78, 5) is 2.05. The van der Waals surface area contributed by atoms with Crippen molar-refractivity contribution in [3.05, 3.63) is 144 Å². The maximum Gasteiger partial charge on any atom is 0.192 e. The Hall–Kier alpha value is -3.26. The van der Waals surface area contributed by atoms with Gasteiger partial charge in [-0.2, -0.15) is 0 Å². The third-order valence-corrected chi connectivity index (χ3v) is 15.9. The lowest BCUT2D eigenvalue weighted by Gasteiger charge is -2.37.